The van der Waals surface area contributed by atoms with Crippen LogP contribution in [0, 0.1) is 0 Å². The van der Waals surface area contributed by atoms with Crippen LogP contribution in [-0.4, -0.2) is 53.5 Å². The molecule has 0 bridgehead atoms. The molecular formula is C25H29NO6S. The van der Waals surface area contributed by atoms with Gasteiger partial charge in [0.15, 0.2) is 11.5 Å². The monoisotopic (exact) mass is 471 g/mol. The lowest BCUT2D eigenvalue weighted by molar-refractivity contribution is 0.106. The smallest absolute Gasteiger partial charge is 0.206 e. The Morgan fingerprint density at radius 3 is 2.21 bits per heavy atom. The summed E-state index contributed by atoms with van der Waals surface area (Å²) in [7, 11) is -0.714. The van der Waals surface area contributed by atoms with Crippen molar-refractivity contribution in [2.45, 2.75) is 22.3 Å². The maximum Gasteiger partial charge on any atom is 0.206 e. The minimum absolute atomic E-state index is 0.140. The third-order valence-electron chi connectivity index (χ3n) is 5.05. The molecule has 1 atom stereocenters. The van der Waals surface area contributed by atoms with Crippen LogP contribution in [0.4, 0.5) is 0 Å². The van der Waals surface area contributed by atoms with Crippen LogP contribution in [0.2, 0.25) is 0 Å². The molecule has 0 aliphatic carbocycles. The van der Waals surface area contributed by atoms with Crippen molar-refractivity contribution in [2.75, 3.05) is 33.9 Å². The number of methoxy groups -OCH3 is 2. The lowest BCUT2D eigenvalue weighted by Gasteiger charge is -2.13. The van der Waals surface area contributed by atoms with Gasteiger partial charge < -0.3 is 24.6 Å². The molecule has 8 heteroatoms. The van der Waals surface area contributed by atoms with E-state index in [0.29, 0.717) is 31.0 Å². The highest BCUT2D eigenvalue weighted by atomic mass is 32.2. The van der Waals surface area contributed by atoms with Crippen LogP contribution in [0.1, 0.15) is 5.56 Å². The number of nitrogens with one attached hydrogen (secondary N) is 1. The van der Waals surface area contributed by atoms with Crippen LogP contribution in [0.15, 0.2) is 82.6 Å². The number of hydrogen-bond donors (Lipinski definition) is 2. The van der Waals surface area contributed by atoms with Crippen LogP contribution in [0.25, 0.3) is 0 Å². The van der Waals surface area contributed by atoms with Crippen LogP contribution in [0.5, 0.6) is 17.2 Å². The van der Waals surface area contributed by atoms with E-state index in [1.807, 2.05) is 30.3 Å². The quantitative estimate of drug-likeness (QED) is 0.392. The van der Waals surface area contributed by atoms with Gasteiger partial charge in [0.2, 0.25) is 9.84 Å². The second kappa shape index (κ2) is 11.7. The lowest BCUT2D eigenvalue weighted by Crippen LogP contribution is -2.32. The van der Waals surface area contributed by atoms with Crippen LogP contribution < -0.4 is 19.5 Å². The van der Waals surface area contributed by atoms with Crippen molar-refractivity contribution in [3.63, 3.8) is 0 Å². The minimum atomic E-state index is -3.68. The zero-order valence-corrected chi connectivity index (χ0v) is 19.5. The van der Waals surface area contributed by atoms with Crippen LogP contribution in [0.3, 0.4) is 0 Å². The van der Waals surface area contributed by atoms with Crippen LogP contribution >= 0.6 is 0 Å². The van der Waals surface area contributed by atoms with E-state index in [1.54, 1.807) is 30.3 Å². The third-order valence-corrected chi connectivity index (χ3v) is 6.82. The molecule has 176 valence electrons. The van der Waals surface area contributed by atoms with E-state index in [9.17, 15) is 13.5 Å². The number of aliphatic hydroxyl groups excluding tert-OH is 1. The van der Waals surface area contributed by atoms with Gasteiger partial charge in [0.25, 0.3) is 0 Å². The zero-order chi connectivity index (χ0) is 23.7. The molecular weight excluding hydrogens is 442 g/mol. The van der Waals surface area contributed by atoms with E-state index in [2.05, 4.69) is 5.32 Å². The largest absolute Gasteiger partial charge is 0.493 e. The average molecular weight is 472 g/mol. The normalized spacial score (nSPS) is 12.2. The molecule has 0 unspecified atom stereocenters. The van der Waals surface area contributed by atoms with Crippen molar-refractivity contribution < 1.29 is 27.7 Å². The van der Waals surface area contributed by atoms with Crippen molar-refractivity contribution in [3.05, 3.63) is 78.4 Å². The number of ether oxygens (including phenoxy) is 3. The van der Waals surface area contributed by atoms with E-state index < -0.39 is 15.9 Å². The number of rotatable bonds is 12. The van der Waals surface area contributed by atoms with Gasteiger partial charge in [-0.1, -0.05) is 30.3 Å². The number of hydrogen-bond acceptors (Lipinski definition) is 7. The molecule has 3 rings (SSSR count). The van der Waals surface area contributed by atoms with Crippen molar-refractivity contribution >= 4 is 9.84 Å². The minimum Gasteiger partial charge on any atom is -0.493 e. The predicted molar refractivity (Wildman–Crippen MR) is 126 cm³/mol. The van der Waals surface area contributed by atoms with Crippen molar-refractivity contribution in [3.8, 4) is 17.2 Å². The van der Waals surface area contributed by atoms with Gasteiger partial charge in [0, 0.05) is 12.6 Å². The summed E-state index contributed by atoms with van der Waals surface area (Å²) in [5.41, 5.74) is 0.990. The first-order valence-corrected chi connectivity index (χ1v) is 12.0. The molecule has 2 N–H and O–H groups in total. The molecule has 0 heterocycles. The van der Waals surface area contributed by atoms with Gasteiger partial charge in [0.05, 0.1) is 24.0 Å². The molecule has 3 aromatic carbocycles. The fourth-order valence-electron chi connectivity index (χ4n) is 3.22. The number of benzene rings is 3. The molecule has 0 saturated carbocycles. The Bertz CT molecular complexity index is 1120. The number of sulfone groups is 1. The second-order valence-electron chi connectivity index (χ2n) is 7.40. The molecule has 0 radical (unpaired) electrons. The van der Waals surface area contributed by atoms with Gasteiger partial charge in [-0.15, -0.1) is 0 Å². The topological polar surface area (TPSA) is 94.1 Å². The molecule has 0 amide bonds. The molecule has 0 aliphatic heterocycles. The van der Waals surface area contributed by atoms with Crippen molar-refractivity contribution in [1.82, 2.24) is 5.32 Å². The summed E-state index contributed by atoms with van der Waals surface area (Å²) in [5.74, 6) is 1.55. The maximum absolute atomic E-state index is 13.0. The summed E-state index contributed by atoms with van der Waals surface area (Å²) < 4.78 is 41.8. The summed E-state index contributed by atoms with van der Waals surface area (Å²) >= 11 is 0. The molecule has 0 fully saturated rings. The van der Waals surface area contributed by atoms with Gasteiger partial charge in [-0.25, -0.2) is 8.42 Å². The zero-order valence-electron chi connectivity index (χ0n) is 18.7. The predicted octanol–water partition coefficient (Wildman–Crippen LogP) is 3.11. The second-order valence-corrected chi connectivity index (χ2v) is 9.35. The summed E-state index contributed by atoms with van der Waals surface area (Å²) in [6.07, 6.45) is 0.0716. The Hall–Kier alpha value is -3.07. The first-order valence-electron chi connectivity index (χ1n) is 10.6. The third kappa shape index (κ3) is 6.71. The molecule has 0 aliphatic rings. The Balaban J connectivity index is 1.49. The SMILES string of the molecule is COc1ccc(S(=O)(=O)c2ccc(CCNC[C@H](O)COc3ccccc3)cc2)cc1OC. The van der Waals surface area contributed by atoms with Crippen molar-refractivity contribution in [1.29, 1.82) is 0 Å². The first kappa shape index (κ1) is 24.6. The fraction of sp³-hybridized carbons (Fsp3) is 0.280. The number of para-hydroxylation sites is 1. The van der Waals surface area contributed by atoms with E-state index in [4.69, 9.17) is 14.2 Å². The van der Waals surface area contributed by atoms with E-state index >= 15 is 0 Å². The molecule has 7 nitrogen and oxygen atoms in total. The van der Waals surface area contributed by atoms with E-state index in [1.165, 1.54) is 26.4 Å². The van der Waals surface area contributed by atoms with E-state index in [0.717, 1.165) is 11.3 Å². The highest BCUT2D eigenvalue weighted by molar-refractivity contribution is 7.91. The van der Waals surface area contributed by atoms with Gasteiger partial charge in [-0.3, -0.25) is 0 Å². The first-order chi connectivity index (χ1) is 15.9. The fourth-order valence-corrected chi connectivity index (χ4v) is 4.50. The Morgan fingerprint density at radius 1 is 0.879 bits per heavy atom. The summed E-state index contributed by atoms with van der Waals surface area (Å²) in [6, 6.07) is 20.7. The Morgan fingerprint density at radius 2 is 1.55 bits per heavy atom. The maximum atomic E-state index is 13.0. The summed E-state index contributed by atoms with van der Waals surface area (Å²) in [6.45, 7) is 1.25. The molecule has 0 aromatic heterocycles. The Labute approximate surface area is 194 Å². The molecule has 3 aromatic rings. The summed E-state index contributed by atoms with van der Waals surface area (Å²) in [5, 5.41) is 13.2. The Kier molecular flexibility index (Phi) is 8.71. The van der Waals surface area contributed by atoms with Crippen molar-refractivity contribution in [2.24, 2.45) is 0 Å². The van der Waals surface area contributed by atoms with Gasteiger partial charge in [-0.2, -0.15) is 0 Å². The van der Waals surface area contributed by atoms with Gasteiger partial charge >= 0.3 is 0 Å². The lowest BCUT2D eigenvalue weighted by atomic mass is 10.1. The van der Waals surface area contributed by atoms with Gasteiger partial charge in [0.1, 0.15) is 18.5 Å². The summed E-state index contributed by atoms with van der Waals surface area (Å²) in [4.78, 5) is 0.348. The van der Waals surface area contributed by atoms with E-state index in [-0.39, 0.29) is 16.4 Å². The number of aliphatic hydroxyl groups is 1. The molecule has 0 saturated heterocycles. The highest BCUT2D eigenvalue weighted by Crippen LogP contribution is 2.31. The molecule has 33 heavy (non-hydrogen) atoms. The average Bonchev–Trinajstić information content (AvgIpc) is 2.85. The standard InChI is InChI=1S/C25H29NO6S/c1-30-24-13-12-23(16-25(24)31-2)33(28,29)22-10-8-19(9-11-22)14-15-26-17-20(27)18-32-21-6-4-3-5-7-21/h3-13,16,20,26-27H,14-15,17-18H2,1-2H3/t20-/m0/s1. The van der Waals surface area contributed by atoms with Crippen LogP contribution in [-0.2, 0) is 16.3 Å². The molecule has 0 spiro atoms. The van der Waals surface area contributed by atoms with Gasteiger partial charge in [-0.05, 0) is 54.9 Å². The highest BCUT2D eigenvalue weighted by Gasteiger charge is 2.19.